The molecule has 1 amide bonds. The number of allylic oxidation sites excluding steroid dienone is 7. The number of rotatable bonds is 36. The first kappa shape index (κ1) is 51.2. The van der Waals surface area contributed by atoms with Crippen LogP contribution in [-0.2, 0) is 18.4 Å². The van der Waals surface area contributed by atoms with Crippen molar-refractivity contribution in [2.45, 2.75) is 167 Å². The molecule has 0 aliphatic rings. The number of phosphoric ester groups is 1. The van der Waals surface area contributed by atoms with Crippen molar-refractivity contribution < 1.29 is 38.0 Å². The van der Waals surface area contributed by atoms with Gasteiger partial charge in [-0.25, -0.2) is 0 Å². The monoisotopic (exact) mass is 767 g/mol. The number of aliphatic hydroxyl groups excluding tert-OH is 2. The van der Waals surface area contributed by atoms with Crippen molar-refractivity contribution in [1.82, 2.24) is 5.32 Å². The summed E-state index contributed by atoms with van der Waals surface area (Å²) in [4.78, 5) is 25.2. The smallest absolute Gasteiger partial charge is 0.268 e. The second kappa shape index (κ2) is 34.6. The zero-order chi connectivity index (χ0) is 39.5. The van der Waals surface area contributed by atoms with Gasteiger partial charge in [0.05, 0.1) is 46.0 Å². The van der Waals surface area contributed by atoms with Crippen LogP contribution in [0.1, 0.15) is 149 Å². The first-order valence-corrected chi connectivity index (χ1v) is 22.2. The minimum absolute atomic E-state index is 0.0253. The van der Waals surface area contributed by atoms with Crippen molar-refractivity contribution in [3.05, 3.63) is 60.8 Å². The molecule has 0 aromatic carbocycles. The number of carbonyl (C=O) groups excluding carboxylic acids is 1. The fraction of sp³-hybridized carbons (Fsp3) is 0.744. The van der Waals surface area contributed by atoms with Gasteiger partial charge < -0.3 is 34.0 Å². The number of likely N-dealkylation sites (N-methyl/N-ethyl adjacent to an activating group) is 1. The van der Waals surface area contributed by atoms with Crippen molar-refractivity contribution in [3.63, 3.8) is 0 Å². The number of hydrogen-bond donors (Lipinski definition) is 3. The Morgan fingerprint density at radius 1 is 0.717 bits per heavy atom. The van der Waals surface area contributed by atoms with Gasteiger partial charge in [0.1, 0.15) is 13.2 Å². The molecule has 0 heterocycles. The predicted octanol–water partition coefficient (Wildman–Crippen LogP) is 9.41. The Balaban J connectivity index is 4.67. The lowest BCUT2D eigenvalue weighted by atomic mass is 10.0. The van der Waals surface area contributed by atoms with Gasteiger partial charge in [-0.1, -0.05) is 152 Å². The molecule has 308 valence electrons. The highest BCUT2D eigenvalue weighted by atomic mass is 31.2. The predicted molar refractivity (Wildman–Crippen MR) is 220 cm³/mol. The number of unbranched alkanes of at least 4 members (excludes halogenated alkanes) is 15. The van der Waals surface area contributed by atoms with E-state index in [4.69, 9.17) is 9.05 Å². The average molecular weight is 767 g/mol. The lowest BCUT2D eigenvalue weighted by molar-refractivity contribution is -0.870. The number of phosphoric acid groups is 1. The molecule has 0 radical (unpaired) electrons. The largest absolute Gasteiger partial charge is 0.756 e. The Labute approximate surface area is 324 Å². The maximum Gasteiger partial charge on any atom is 0.268 e. The second-order valence-corrected chi connectivity index (χ2v) is 16.6. The number of nitrogens with zero attached hydrogens (tertiary/aromatic N) is 1. The number of hydrogen-bond acceptors (Lipinski definition) is 7. The van der Waals surface area contributed by atoms with E-state index in [2.05, 4.69) is 25.2 Å². The van der Waals surface area contributed by atoms with Gasteiger partial charge in [-0.05, 0) is 51.4 Å². The van der Waals surface area contributed by atoms with Crippen molar-refractivity contribution >= 4 is 13.7 Å². The summed E-state index contributed by atoms with van der Waals surface area (Å²) < 4.78 is 23.1. The van der Waals surface area contributed by atoms with Gasteiger partial charge in [0, 0.05) is 6.42 Å². The van der Waals surface area contributed by atoms with Crippen LogP contribution in [-0.4, -0.2) is 79.8 Å². The molecule has 0 spiro atoms. The highest BCUT2D eigenvalue weighted by Crippen LogP contribution is 2.38. The molecular weight excluding hydrogens is 687 g/mol. The molecule has 10 heteroatoms. The third-order valence-corrected chi connectivity index (χ3v) is 9.77. The molecule has 1 unspecified atom stereocenters. The molecule has 0 aliphatic heterocycles. The van der Waals surface area contributed by atoms with Crippen molar-refractivity contribution in [3.8, 4) is 0 Å². The average Bonchev–Trinajstić information content (AvgIpc) is 3.10. The van der Waals surface area contributed by atoms with E-state index in [1.54, 1.807) is 12.2 Å². The molecule has 0 saturated carbocycles. The molecule has 9 nitrogen and oxygen atoms in total. The van der Waals surface area contributed by atoms with Crippen LogP contribution in [0.15, 0.2) is 60.8 Å². The summed E-state index contributed by atoms with van der Waals surface area (Å²) in [5.74, 6) is -0.283. The molecule has 3 N–H and O–H groups in total. The van der Waals surface area contributed by atoms with Gasteiger partial charge in [-0.3, -0.25) is 9.36 Å². The molecule has 0 aromatic heterocycles. The molecule has 0 aromatic rings. The SMILES string of the molecule is CCCCC/C=C\C=C/[C@H](O)C/C=C\C/C=C/CCCC(=O)N[C@@H](COP(=O)([O-])OCC[N+](C)(C)C)[C@H](O)/C=C/CCCCCCCCCCCCC. The van der Waals surface area contributed by atoms with Gasteiger partial charge in [0.15, 0.2) is 0 Å². The first-order valence-electron chi connectivity index (χ1n) is 20.8. The Morgan fingerprint density at radius 3 is 1.94 bits per heavy atom. The van der Waals surface area contributed by atoms with Crippen molar-refractivity contribution in [1.29, 1.82) is 0 Å². The second-order valence-electron chi connectivity index (χ2n) is 15.2. The molecule has 0 bridgehead atoms. The molecule has 4 atom stereocenters. The summed E-state index contributed by atoms with van der Waals surface area (Å²) in [6.45, 7) is 4.46. The van der Waals surface area contributed by atoms with Gasteiger partial charge >= 0.3 is 0 Å². The minimum Gasteiger partial charge on any atom is -0.756 e. The molecule has 0 aliphatic carbocycles. The summed E-state index contributed by atoms with van der Waals surface area (Å²) in [6, 6.07) is -0.937. The van der Waals surface area contributed by atoms with Crippen molar-refractivity contribution in [2.24, 2.45) is 0 Å². The van der Waals surface area contributed by atoms with Crippen LogP contribution in [0.2, 0.25) is 0 Å². The summed E-state index contributed by atoms with van der Waals surface area (Å²) in [5.41, 5.74) is 0. The standard InChI is InChI=1S/C43H79N2O7P/c1-6-8-10-12-14-15-16-17-18-19-23-27-31-35-42(47)41(39-52-53(49,50)51-38-37-45(3,4)5)44-43(48)36-32-28-24-20-22-26-30-34-40(46)33-29-25-21-13-11-9-7-2/h20-21,24-26,29-31,33,35,40-42,46-47H,6-19,22-23,27-28,32,34,36-39H2,1-5H3,(H-,44,48,49,50)/b24-20+,25-21-,30-26-,33-29-,35-31+/t40-,41-,42+/m0/s1. The zero-order valence-electron chi connectivity index (χ0n) is 34.3. The van der Waals surface area contributed by atoms with Gasteiger partial charge in [-0.2, -0.15) is 0 Å². The summed E-state index contributed by atoms with van der Waals surface area (Å²) in [5, 5.41) is 23.7. The van der Waals surface area contributed by atoms with Crippen LogP contribution in [0.5, 0.6) is 0 Å². The normalized spacial score (nSPS) is 15.7. The fourth-order valence-electron chi connectivity index (χ4n) is 5.40. The number of aliphatic hydroxyl groups is 2. The van der Waals surface area contributed by atoms with Crippen LogP contribution in [0.3, 0.4) is 0 Å². The molecule has 0 rings (SSSR count). The van der Waals surface area contributed by atoms with E-state index in [9.17, 15) is 24.5 Å². The quantitative estimate of drug-likeness (QED) is 0.0191. The number of quaternary nitrogens is 1. The van der Waals surface area contributed by atoms with Crippen molar-refractivity contribution in [2.75, 3.05) is 40.9 Å². The van der Waals surface area contributed by atoms with Gasteiger partial charge in [0.25, 0.3) is 7.82 Å². The molecule has 0 saturated heterocycles. The van der Waals surface area contributed by atoms with Crippen LogP contribution in [0.4, 0.5) is 0 Å². The Morgan fingerprint density at radius 2 is 1.28 bits per heavy atom. The number of amides is 1. The van der Waals surface area contributed by atoms with E-state index in [0.717, 1.165) is 32.1 Å². The van der Waals surface area contributed by atoms with E-state index < -0.39 is 32.7 Å². The van der Waals surface area contributed by atoms with E-state index in [0.29, 0.717) is 30.3 Å². The third kappa shape index (κ3) is 36.9. The van der Waals surface area contributed by atoms with E-state index >= 15 is 0 Å². The number of nitrogens with one attached hydrogen (secondary N) is 1. The van der Waals surface area contributed by atoms with E-state index in [1.807, 2.05) is 63.7 Å². The topological polar surface area (TPSA) is 128 Å². The maximum atomic E-state index is 12.8. The molecular formula is C43H79N2O7P. The first-order chi connectivity index (χ1) is 25.4. The van der Waals surface area contributed by atoms with Crippen LogP contribution in [0.25, 0.3) is 0 Å². The van der Waals surface area contributed by atoms with Crippen LogP contribution in [0, 0.1) is 0 Å². The molecule has 0 fully saturated rings. The summed E-state index contributed by atoms with van der Waals surface area (Å²) in [6.07, 6.45) is 40.0. The lowest BCUT2D eigenvalue weighted by Crippen LogP contribution is -2.45. The van der Waals surface area contributed by atoms with E-state index in [1.165, 1.54) is 77.0 Å². The van der Waals surface area contributed by atoms with Crippen LogP contribution >= 0.6 is 7.82 Å². The highest BCUT2D eigenvalue weighted by molar-refractivity contribution is 7.45. The maximum absolute atomic E-state index is 12.8. The minimum atomic E-state index is -4.62. The van der Waals surface area contributed by atoms with Crippen LogP contribution < -0.4 is 10.2 Å². The Hall–Kier alpha value is -1.84. The highest BCUT2D eigenvalue weighted by Gasteiger charge is 2.23. The Bertz CT molecular complexity index is 1070. The number of carbonyl (C=O) groups is 1. The summed E-state index contributed by atoms with van der Waals surface area (Å²) in [7, 11) is 1.18. The fourth-order valence-corrected chi connectivity index (χ4v) is 6.12. The van der Waals surface area contributed by atoms with E-state index in [-0.39, 0.29) is 18.9 Å². The zero-order valence-corrected chi connectivity index (χ0v) is 35.2. The Kier molecular flexibility index (Phi) is 33.4. The lowest BCUT2D eigenvalue weighted by Gasteiger charge is -2.29. The van der Waals surface area contributed by atoms with Gasteiger partial charge in [-0.15, -0.1) is 0 Å². The van der Waals surface area contributed by atoms with Gasteiger partial charge in [0.2, 0.25) is 5.91 Å². The molecule has 53 heavy (non-hydrogen) atoms. The summed E-state index contributed by atoms with van der Waals surface area (Å²) >= 11 is 0. The third-order valence-electron chi connectivity index (χ3n) is 8.80.